The molecule has 1 aliphatic heterocycles. The highest BCUT2D eigenvalue weighted by molar-refractivity contribution is 7.89. The molecule has 1 N–H and O–H groups in total. The second kappa shape index (κ2) is 10.2. The number of sulfonamides is 1. The zero-order valence-electron chi connectivity index (χ0n) is 18.4. The molecule has 1 aliphatic rings. The number of piperidine rings is 1. The SMILES string of the molecule is CCN(CC)S(=O)(=O)c1ccc(N2CCCCC2)c(NC(=O)c2cccc(OC)c2)c1. The van der Waals surface area contributed by atoms with Crippen molar-refractivity contribution < 1.29 is 17.9 Å². The van der Waals surface area contributed by atoms with Crippen LogP contribution in [0.5, 0.6) is 5.75 Å². The first-order valence-electron chi connectivity index (χ1n) is 10.7. The summed E-state index contributed by atoms with van der Waals surface area (Å²) in [4.78, 5) is 15.4. The van der Waals surface area contributed by atoms with Crippen molar-refractivity contribution in [2.24, 2.45) is 0 Å². The van der Waals surface area contributed by atoms with Crippen LogP contribution in [0.3, 0.4) is 0 Å². The molecule has 168 valence electrons. The maximum Gasteiger partial charge on any atom is 0.255 e. The lowest BCUT2D eigenvalue weighted by Crippen LogP contribution is -2.32. The third kappa shape index (κ3) is 5.19. The molecule has 1 amide bonds. The molecule has 2 aromatic rings. The number of amides is 1. The van der Waals surface area contributed by atoms with Gasteiger partial charge in [-0.2, -0.15) is 4.31 Å². The van der Waals surface area contributed by atoms with E-state index in [4.69, 9.17) is 4.74 Å². The normalized spacial score (nSPS) is 14.5. The highest BCUT2D eigenvalue weighted by atomic mass is 32.2. The molecule has 0 bridgehead atoms. The standard InChI is InChI=1S/C23H31N3O4S/c1-4-26(5-2)31(28,29)20-12-13-22(25-14-7-6-8-15-25)21(17-20)24-23(27)18-10-9-11-19(16-18)30-3/h9-13,16-17H,4-8,14-15H2,1-3H3,(H,24,27). The number of carbonyl (C=O) groups is 1. The third-order valence-corrected chi connectivity index (χ3v) is 7.63. The quantitative estimate of drug-likeness (QED) is 0.665. The van der Waals surface area contributed by atoms with Gasteiger partial charge in [-0.3, -0.25) is 4.79 Å². The molecule has 0 atom stereocenters. The van der Waals surface area contributed by atoms with Gasteiger partial charge in [0.25, 0.3) is 5.91 Å². The topological polar surface area (TPSA) is 79.0 Å². The minimum atomic E-state index is -3.64. The van der Waals surface area contributed by atoms with Crippen molar-refractivity contribution in [2.45, 2.75) is 38.0 Å². The van der Waals surface area contributed by atoms with E-state index in [1.807, 2.05) is 19.9 Å². The van der Waals surface area contributed by atoms with Crippen molar-refractivity contribution in [3.63, 3.8) is 0 Å². The number of carbonyl (C=O) groups excluding carboxylic acids is 1. The molecule has 7 nitrogen and oxygen atoms in total. The molecule has 0 radical (unpaired) electrons. The van der Waals surface area contributed by atoms with E-state index in [9.17, 15) is 13.2 Å². The van der Waals surface area contributed by atoms with Crippen LogP contribution in [0.15, 0.2) is 47.4 Å². The summed E-state index contributed by atoms with van der Waals surface area (Å²) in [5.74, 6) is 0.274. The monoisotopic (exact) mass is 445 g/mol. The average molecular weight is 446 g/mol. The average Bonchev–Trinajstić information content (AvgIpc) is 2.80. The molecule has 0 unspecified atom stereocenters. The first kappa shape index (κ1) is 23.1. The number of methoxy groups -OCH3 is 1. The van der Waals surface area contributed by atoms with Crippen molar-refractivity contribution in [1.29, 1.82) is 0 Å². The summed E-state index contributed by atoms with van der Waals surface area (Å²) in [5, 5.41) is 2.94. The number of hydrogen-bond donors (Lipinski definition) is 1. The molecule has 8 heteroatoms. The van der Waals surface area contributed by atoms with Crippen LogP contribution >= 0.6 is 0 Å². The van der Waals surface area contributed by atoms with E-state index in [1.165, 1.54) is 10.7 Å². The Morgan fingerprint density at radius 3 is 2.42 bits per heavy atom. The van der Waals surface area contributed by atoms with Gasteiger partial charge in [0, 0.05) is 31.7 Å². The maximum absolute atomic E-state index is 13.1. The number of anilines is 2. The van der Waals surface area contributed by atoms with Crippen molar-refractivity contribution >= 4 is 27.3 Å². The van der Waals surface area contributed by atoms with Crippen molar-refractivity contribution in [3.8, 4) is 5.75 Å². The predicted octanol–water partition coefficient (Wildman–Crippen LogP) is 3.97. The Morgan fingerprint density at radius 2 is 1.77 bits per heavy atom. The van der Waals surface area contributed by atoms with E-state index in [0.29, 0.717) is 30.1 Å². The van der Waals surface area contributed by atoms with Crippen LogP contribution in [0.4, 0.5) is 11.4 Å². The summed E-state index contributed by atoms with van der Waals surface area (Å²) in [6, 6.07) is 11.9. The van der Waals surface area contributed by atoms with Crippen LogP contribution in [-0.4, -0.2) is 51.9 Å². The number of rotatable bonds is 8. The number of hydrogen-bond acceptors (Lipinski definition) is 5. The Balaban J connectivity index is 2.00. The van der Waals surface area contributed by atoms with E-state index < -0.39 is 10.0 Å². The fourth-order valence-electron chi connectivity index (χ4n) is 3.86. The minimum absolute atomic E-state index is 0.179. The predicted molar refractivity (Wildman–Crippen MR) is 124 cm³/mol. The third-order valence-electron chi connectivity index (χ3n) is 5.59. The second-order valence-electron chi connectivity index (χ2n) is 7.50. The lowest BCUT2D eigenvalue weighted by atomic mass is 10.1. The molecule has 0 spiro atoms. The minimum Gasteiger partial charge on any atom is -0.497 e. The van der Waals surface area contributed by atoms with Crippen molar-refractivity contribution in [1.82, 2.24) is 4.31 Å². The van der Waals surface area contributed by atoms with Crippen LogP contribution in [0, 0.1) is 0 Å². The molecule has 1 heterocycles. The van der Waals surface area contributed by atoms with Gasteiger partial charge < -0.3 is 15.0 Å². The number of ether oxygens (including phenoxy) is 1. The number of nitrogens with zero attached hydrogens (tertiary/aromatic N) is 2. The van der Waals surface area contributed by atoms with E-state index >= 15 is 0 Å². The molecule has 31 heavy (non-hydrogen) atoms. The first-order chi connectivity index (χ1) is 14.9. The molecule has 2 aromatic carbocycles. The Bertz CT molecular complexity index is 1010. The maximum atomic E-state index is 13.1. The number of benzene rings is 2. The van der Waals surface area contributed by atoms with Crippen LogP contribution < -0.4 is 15.0 Å². The fraction of sp³-hybridized carbons (Fsp3) is 0.435. The molecule has 3 rings (SSSR count). The van der Waals surface area contributed by atoms with Crippen molar-refractivity contribution in [3.05, 3.63) is 48.0 Å². The van der Waals surface area contributed by atoms with Gasteiger partial charge in [-0.15, -0.1) is 0 Å². The highest BCUT2D eigenvalue weighted by Gasteiger charge is 2.25. The lowest BCUT2D eigenvalue weighted by Gasteiger charge is -2.31. The van der Waals surface area contributed by atoms with Crippen LogP contribution in [-0.2, 0) is 10.0 Å². The van der Waals surface area contributed by atoms with Gasteiger partial charge in [0.15, 0.2) is 0 Å². The largest absolute Gasteiger partial charge is 0.497 e. The summed E-state index contributed by atoms with van der Waals surface area (Å²) >= 11 is 0. The lowest BCUT2D eigenvalue weighted by molar-refractivity contribution is 0.102. The van der Waals surface area contributed by atoms with Crippen LogP contribution in [0.1, 0.15) is 43.5 Å². The molecular weight excluding hydrogens is 414 g/mol. The highest BCUT2D eigenvalue weighted by Crippen LogP contribution is 2.32. The molecule has 0 aromatic heterocycles. The summed E-state index contributed by atoms with van der Waals surface area (Å²) in [6.45, 7) is 6.16. The zero-order valence-corrected chi connectivity index (χ0v) is 19.2. The van der Waals surface area contributed by atoms with Gasteiger partial charge in [0.2, 0.25) is 10.0 Å². The van der Waals surface area contributed by atoms with Crippen LogP contribution in [0.2, 0.25) is 0 Å². The molecule has 0 saturated carbocycles. The van der Waals surface area contributed by atoms with Gasteiger partial charge in [-0.1, -0.05) is 19.9 Å². The fourth-order valence-corrected chi connectivity index (χ4v) is 5.34. The van der Waals surface area contributed by atoms with E-state index in [2.05, 4.69) is 10.2 Å². The van der Waals surface area contributed by atoms with Crippen molar-refractivity contribution in [2.75, 3.05) is 43.5 Å². The van der Waals surface area contributed by atoms with E-state index in [-0.39, 0.29) is 10.8 Å². The first-order valence-corrected chi connectivity index (χ1v) is 12.2. The van der Waals surface area contributed by atoms with Crippen LogP contribution in [0.25, 0.3) is 0 Å². The molecular formula is C23H31N3O4S. The zero-order chi connectivity index (χ0) is 22.4. The summed E-state index contributed by atoms with van der Waals surface area (Å²) < 4.78 is 32.7. The summed E-state index contributed by atoms with van der Waals surface area (Å²) in [5.41, 5.74) is 1.79. The van der Waals surface area contributed by atoms with Gasteiger partial charge in [-0.25, -0.2) is 8.42 Å². The second-order valence-corrected chi connectivity index (χ2v) is 9.44. The molecule has 0 aliphatic carbocycles. The van der Waals surface area contributed by atoms with Gasteiger partial charge >= 0.3 is 0 Å². The molecule has 1 saturated heterocycles. The van der Waals surface area contributed by atoms with Gasteiger partial charge in [-0.05, 0) is 55.7 Å². The smallest absolute Gasteiger partial charge is 0.255 e. The Morgan fingerprint density at radius 1 is 1.06 bits per heavy atom. The van der Waals surface area contributed by atoms with E-state index in [0.717, 1.165) is 31.6 Å². The molecule has 1 fully saturated rings. The number of nitrogens with one attached hydrogen (secondary N) is 1. The summed E-state index contributed by atoms with van der Waals surface area (Å²) in [6.07, 6.45) is 3.32. The Kier molecular flexibility index (Phi) is 7.56. The summed E-state index contributed by atoms with van der Waals surface area (Å²) in [7, 11) is -2.09. The van der Waals surface area contributed by atoms with Gasteiger partial charge in [0.1, 0.15) is 5.75 Å². The Hall–Kier alpha value is -2.58. The van der Waals surface area contributed by atoms with Gasteiger partial charge in [0.05, 0.1) is 23.4 Å². The van der Waals surface area contributed by atoms with E-state index in [1.54, 1.807) is 43.5 Å². The Labute approximate surface area is 185 Å².